The largest absolute Gasteiger partial charge is 0.371 e. The van der Waals surface area contributed by atoms with Gasteiger partial charge in [0, 0.05) is 10.9 Å². The molecule has 2 heterocycles. The molecule has 78 valence electrons. The Bertz CT molecular complexity index is 254. The van der Waals surface area contributed by atoms with E-state index in [4.69, 9.17) is 4.74 Å². The molecule has 1 aromatic rings. The number of rotatable bonds is 4. The van der Waals surface area contributed by atoms with Crippen molar-refractivity contribution in [1.29, 1.82) is 0 Å². The average molecular weight is 211 g/mol. The van der Waals surface area contributed by atoms with E-state index < -0.39 is 0 Å². The van der Waals surface area contributed by atoms with Gasteiger partial charge in [0.2, 0.25) is 0 Å². The summed E-state index contributed by atoms with van der Waals surface area (Å²) >= 11 is 1.77. The topological polar surface area (TPSA) is 21.3 Å². The van der Waals surface area contributed by atoms with Crippen LogP contribution >= 0.6 is 11.3 Å². The molecule has 14 heavy (non-hydrogen) atoms. The van der Waals surface area contributed by atoms with E-state index in [1.54, 1.807) is 11.3 Å². The van der Waals surface area contributed by atoms with Crippen molar-refractivity contribution in [2.24, 2.45) is 0 Å². The zero-order chi connectivity index (χ0) is 9.80. The maximum atomic E-state index is 5.82. The van der Waals surface area contributed by atoms with Gasteiger partial charge in [-0.25, -0.2) is 0 Å². The van der Waals surface area contributed by atoms with Crippen molar-refractivity contribution >= 4 is 11.3 Å². The van der Waals surface area contributed by atoms with Crippen LogP contribution in [0.3, 0.4) is 0 Å². The van der Waals surface area contributed by atoms with Gasteiger partial charge in [0.25, 0.3) is 0 Å². The van der Waals surface area contributed by atoms with Crippen LogP contribution in [0.4, 0.5) is 0 Å². The lowest BCUT2D eigenvalue weighted by Crippen LogP contribution is -2.27. The molecule has 0 unspecified atom stereocenters. The molecule has 1 aliphatic rings. The van der Waals surface area contributed by atoms with Gasteiger partial charge < -0.3 is 10.1 Å². The summed E-state index contributed by atoms with van der Waals surface area (Å²) in [6.45, 7) is 4.13. The maximum absolute atomic E-state index is 5.82. The van der Waals surface area contributed by atoms with Crippen LogP contribution in [0.15, 0.2) is 17.5 Å². The van der Waals surface area contributed by atoms with Gasteiger partial charge in [-0.15, -0.1) is 11.3 Å². The summed E-state index contributed by atoms with van der Waals surface area (Å²) in [4.78, 5) is 1.32. The zero-order valence-corrected chi connectivity index (χ0v) is 9.35. The summed E-state index contributed by atoms with van der Waals surface area (Å²) in [7, 11) is 0. The molecule has 1 N–H and O–H groups in total. The molecule has 1 aromatic heterocycles. The third-order valence-corrected chi connectivity index (χ3v) is 3.69. The molecule has 0 amide bonds. The van der Waals surface area contributed by atoms with Crippen LogP contribution < -0.4 is 5.32 Å². The molecule has 2 atom stereocenters. The molecule has 1 aliphatic heterocycles. The quantitative estimate of drug-likeness (QED) is 0.826. The standard InChI is InChI=1S/C11H17NOS/c1-9(11-5-3-7-14-11)13-8-10-4-2-6-12-10/h3,5,7,9-10,12H,2,4,6,8H2,1H3/t9-,10-/m0/s1. The highest BCUT2D eigenvalue weighted by Gasteiger charge is 2.15. The number of thiophene rings is 1. The first-order valence-electron chi connectivity index (χ1n) is 5.24. The van der Waals surface area contributed by atoms with Gasteiger partial charge in [0.1, 0.15) is 0 Å². The first kappa shape index (κ1) is 10.1. The third-order valence-electron chi connectivity index (χ3n) is 2.65. The van der Waals surface area contributed by atoms with Gasteiger partial charge in [-0.3, -0.25) is 0 Å². The summed E-state index contributed by atoms with van der Waals surface area (Å²) in [6.07, 6.45) is 2.80. The third kappa shape index (κ3) is 2.56. The Hall–Kier alpha value is -0.380. The van der Waals surface area contributed by atoms with Gasteiger partial charge in [0.15, 0.2) is 0 Å². The second-order valence-corrected chi connectivity index (χ2v) is 4.76. The summed E-state index contributed by atoms with van der Waals surface area (Å²) in [5, 5.41) is 5.54. The minimum absolute atomic E-state index is 0.248. The van der Waals surface area contributed by atoms with Gasteiger partial charge in [-0.1, -0.05) is 6.07 Å². The molecule has 2 nitrogen and oxygen atoms in total. The lowest BCUT2D eigenvalue weighted by molar-refractivity contribution is 0.0547. The Balaban J connectivity index is 1.74. The van der Waals surface area contributed by atoms with Crippen LogP contribution in [0, 0.1) is 0 Å². The fourth-order valence-electron chi connectivity index (χ4n) is 1.76. The highest BCUT2D eigenvalue weighted by Crippen LogP contribution is 2.22. The van der Waals surface area contributed by atoms with Crippen LogP contribution in [0.1, 0.15) is 30.7 Å². The minimum Gasteiger partial charge on any atom is -0.371 e. The maximum Gasteiger partial charge on any atom is 0.0889 e. The Kier molecular flexibility index (Phi) is 3.56. The molecule has 1 saturated heterocycles. The highest BCUT2D eigenvalue weighted by atomic mass is 32.1. The average Bonchev–Trinajstić information content (AvgIpc) is 2.87. The lowest BCUT2D eigenvalue weighted by atomic mass is 10.2. The van der Waals surface area contributed by atoms with Gasteiger partial charge in [0.05, 0.1) is 12.7 Å². The second-order valence-electron chi connectivity index (χ2n) is 3.78. The van der Waals surface area contributed by atoms with Crippen molar-refractivity contribution in [3.63, 3.8) is 0 Å². The van der Waals surface area contributed by atoms with E-state index in [9.17, 15) is 0 Å². The van der Waals surface area contributed by atoms with E-state index >= 15 is 0 Å². The fraction of sp³-hybridized carbons (Fsp3) is 0.636. The van der Waals surface area contributed by atoms with Crippen LogP contribution in [0.5, 0.6) is 0 Å². The van der Waals surface area contributed by atoms with Crippen molar-refractivity contribution in [3.8, 4) is 0 Å². The molecule has 0 saturated carbocycles. The second kappa shape index (κ2) is 4.91. The van der Waals surface area contributed by atoms with E-state index in [0.29, 0.717) is 6.04 Å². The van der Waals surface area contributed by atoms with E-state index in [-0.39, 0.29) is 6.10 Å². The normalized spacial score (nSPS) is 23.9. The Morgan fingerprint density at radius 1 is 1.71 bits per heavy atom. The SMILES string of the molecule is C[C@H](OC[C@@H]1CCCN1)c1cccs1. The fourth-order valence-corrected chi connectivity index (χ4v) is 2.50. The predicted molar refractivity (Wildman–Crippen MR) is 59.7 cm³/mol. The van der Waals surface area contributed by atoms with Crippen LogP contribution in [0.25, 0.3) is 0 Å². The first-order chi connectivity index (χ1) is 6.86. The molecule has 0 aliphatic carbocycles. The smallest absolute Gasteiger partial charge is 0.0889 e. The summed E-state index contributed by atoms with van der Waals surface area (Å²) in [6, 6.07) is 4.79. The van der Waals surface area contributed by atoms with Gasteiger partial charge >= 0.3 is 0 Å². The highest BCUT2D eigenvalue weighted by molar-refractivity contribution is 7.10. The number of nitrogens with one attached hydrogen (secondary N) is 1. The molecule has 2 rings (SSSR count). The van der Waals surface area contributed by atoms with Crippen LogP contribution in [0.2, 0.25) is 0 Å². The van der Waals surface area contributed by atoms with Crippen molar-refractivity contribution in [2.45, 2.75) is 31.9 Å². The Labute approximate surface area is 89.3 Å². The summed E-state index contributed by atoms with van der Waals surface area (Å²) < 4.78 is 5.82. The molecule has 0 bridgehead atoms. The number of hydrogen-bond donors (Lipinski definition) is 1. The molecule has 3 heteroatoms. The minimum atomic E-state index is 0.248. The van der Waals surface area contributed by atoms with E-state index in [2.05, 4.69) is 29.8 Å². The molecule has 0 aromatic carbocycles. The van der Waals surface area contributed by atoms with Crippen molar-refractivity contribution in [1.82, 2.24) is 5.32 Å². The lowest BCUT2D eigenvalue weighted by Gasteiger charge is -2.15. The Morgan fingerprint density at radius 3 is 3.29 bits per heavy atom. The predicted octanol–water partition coefficient (Wildman–Crippen LogP) is 2.58. The first-order valence-corrected chi connectivity index (χ1v) is 6.12. The van der Waals surface area contributed by atoms with Gasteiger partial charge in [-0.05, 0) is 37.8 Å². The summed E-state index contributed by atoms with van der Waals surface area (Å²) in [5.74, 6) is 0. The van der Waals surface area contributed by atoms with E-state index in [0.717, 1.165) is 13.2 Å². The van der Waals surface area contributed by atoms with Crippen molar-refractivity contribution in [3.05, 3.63) is 22.4 Å². The molecular formula is C11H17NOS. The number of ether oxygens (including phenoxy) is 1. The zero-order valence-electron chi connectivity index (χ0n) is 8.53. The molecule has 0 spiro atoms. The number of hydrogen-bond acceptors (Lipinski definition) is 3. The summed E-state index contributed by atoms with van der Waals surface area (Å²) in [5.41, 5.74) is 0. The van der Waals surface area contributed by atoms with Crippen LogP contribution in [-0.2, 0) is 4.74 Å². The van der Waals surface area contributed by atoms with Gasteiger partial charge in [-0.2, -0.15) is 0 Å². The van der Waals surface area contributed by atoms with Crippen molar-refractivity contribution < 1.29 is 4.74 Å². The Morgan fingerprint density at radius 2 is 2.64 bits per heavy atom. The molecular weight excluding hydrogens is 194 g/mol. The van der Waals surface area contributed by atoms with Crippen LogP contribution in [-0.4, -0.2) is 19.2 Å². The van der Waals surface area contributed by atoms with E-state index in [1.165, 1.54) is 17.7 Å². The molecule has 1 fully saturated rings. The monoisotopic (exact) mass is 211 g/mol. The molecule has 0 radical (unpaired) electrons. The van der Waals surface area contributed by atoms with Crippen molar-refractivity contribution in [2.75, 3.05) is 13.2 Å². The van der Waals surface area contributed by atoms with E-state index in [1.807, 2.05) is 0 Å².